The number of hydrogen-bond acceptors (Lipinski definition) is 2. The van der Waals surface area contributed by atoms with E-state index in [-0.39, 0.29) is 0 Å². The van der Waals surface area contributed by atoms with E-state index in [1.165, 1.54) is 6.20 Å². The van der Waals surface area contributed by atoms with E-state index < -0.39 is 24.9 Å². The van der Waals surface area contributed by atoms with Gasteiger partial charge in [0.1, 0.15) is 0 Å². The second-order valence-corrected chi connectivity index (χ2v) is 4.18. The van der Waals surface area contributed by atoms with E-state index in [4.69, 9.17) is 11.6 Å². The van der Waals surface area contributed by atoms with Crippen LogP contribution in [0, 0.1) is 0 Å². The van der Waals surface area contributed by atoms with Crippen LogP contribution in [0.15, 0.2) is 12.4 Å². The van der Waals surface area contributed by atoms with Crippen molar-refractivity contribution in [1.29, 1.82) is 0 Å². The van der Waals surface area contributed by atoms with E-state index in [1.54, 1.807) is 10.9 Å². The molecule has 0 atom stereocenters. The van der Waals surface area contributed by atoms with E-state index in [2.05, 4.69) is 10.4 Å². The molecule has 102 valence electrons. The summed E-state index contributed by atoms with van der Waals surface area (Å²) >= 11 is 5.65. The van der Waals surface area contributed by atoms with Gasteiger partial charge in [-0.05, 0) is 6.42 Å². The number of carbonyl (C=O) groups excluding carboxylic acids is 1. The minimum atomic E-state index is -4.29. The first kappa shape index (κ1) is 14.8. The van der Waals surface area contributed by atoms with Gasteiger partial charge in [-0.3, -0.25) is 9.48 Å². The Morgan fingerprint density at radius 1 is 1.50 bits per heavy atom. The first-order valence-electron chi connectivity index (χ1n) is 5.38. The lowest BCUT2D eigenvalue weighted by Gasteiger charge is -2.07. The Morgan fingerprint density at radius 2 is 2.22 bits per heavy atom. The maximum absolute atomic E-state index is 11.8. The van der Waals surface area contributed by atoms with Gasteiger partial charge in [-0.1, -0.05) is 11.6 Å². The predicted molar refractivity (Wildman–Crippen MR) is 60.2 cm³/mol. The first-order chi connectivity index (χ1) is 8.37. The quantitative estimate of drug-likeness (QED) is 0.815. The summed E-state index contributed by atoms with van der Waals surface area (Å²) < 4.78 is 37.1. The number of alkyl halides is 3. The zero-order valence-corrected chi connectivity index (χ0v) is 10.3. The lowest BCUT2D eigenvalue weighted by molar-refractivity contribution is -0.144. The molecule has 0 bridgehead atoms. The highest BCUT2D eigenvalue weighted by atomic mass is 35.5. The summed E-state index contributed by atoms with van der Waals surface area (Å²) in [5, 5.41) is 6.86. The topological polar surface area (TPSA) is 46.9 Å². The number of carbonyl (C=O) groups is 1. The molecule has 0 aliphatic heterocycles. The molecule has 1 aromatic heterocycles. The molecule has 1 rings (SSSR count). The van der Waals surface area contributed by atoms with Gasteiger partial charge in [0.25, 0.3) is 0 Å². The molecule has 0 spiro atoms. The lowest BCUT2D eigenvalue weighted by atomic mass is 10.3. The molecule has 0 aromatic carbocycles. The van der Waals surface area contributed by atoms with Crippen LogP contribution in [0.25, 0.3) is 0 Å². The molecule has 0 unspecified atom stereocenters. The highest BCUT2D eigenvalue weighted by Gasteiger charge is 2.27. The Bertz CT molecular complexity index is 392. The summed E-state index contributed by atoms with van der Waals surface area (Å²) in [6.45, 7) is 0.862. The fourth-order valence-corrected chi connectivity index (χ4v) is 1.43. The highest BCUT2D eigenvalue weighted by Crippen LogP contribution is 2.20. The van der Waals surface area contributed by atoms with E-state index in [9.17, 15) is 18.0 Å². The number of halogens is 4. The number of nitrogens with one attached hydrogen (secondary N) is 1. The Kier molecular flexibility index (Phi) is 5.46. The van der Waals surface area contributed by atoms with Gasteiger partial charge >= 0.3 is 6.18 Å². The van der Waals surface area contributed by atoms with Crippen molar-refractivity contribution in [2.75, 3.05) is 6.54 Å². The second kappa shape index (κ2) is 6.63. The first-order valence-corrected chi connectivity index (χ1v) is 5.76. The number of hydrogen-bond donors (Lipinski definition) is 1. The molecular formula is C10H13ClF3N3O. The molecule has 0 saturated heterocycles. The van der Waals surface area contributed by atoms with Crippen molar-refractivity contribution in [3.05, 3.63) is 17.4 Å². The van der Waals surface area contributed by atoms with Gasteiger partial charge in [0, 0.05) is 25.7 Å². The third-order valence-electron chi connectivity index (χ3n) is 2.12. The lowest BCUT2D eigenvalue weighted by Crippen LogP contribution is -2.26. The summed E-state index contributed by atoms with van der Waals surface area (Å²) in [6, 6.07) is 0. The normalized spacial score (nSPS) is 11.6. The zero-order valence-electron chi connectivity index (χ0n) is 9.50. The molecule has 0 radical (unpaired) electrons. The van der Waals surface area contributed by atoms with Gasteiger partial charge in [-0.25, -0.2) is 0 Å². The number of rotatable bonds is 6. The number of amides is 1. The fraction of sp³-hybridized carbons (Fsp3) is 0.600. The van der Waals surface area contributed by atoms with Crippen molar-refractivity contribution in [2.24, 2.45) is 0 Å². The Labute approximate surface area is 107 Å². The van der Waals surface area contributed by atoms with Crippen LogP contribution < -0.4 is 5.32 Å². The van der Waals surface area contributed by atoms with Crippen LogP contribution in [-0.4, -0.2) is 28.4 Å². The van der Waals surface area contributed by atoms with Crippen molar-refractivity contribution in [3.8, 4) is 0 Å². The maximum Gasteiger partial charge on any atom is 0.389 e. The SMILES string of the molecule is O=C(CCC(F)(F)F)NCCCn1cc(Cl)cn1. The van der Waals surface area contributed by atoms with Crippen LogP contribution in [0.4, 0.5) is 13.2 Å². The molecule has 8 heteroatoms. The second-order valence-electron chi connectivity index (χ2n) is 3.74. The van der Waals surface area contributed by atoms with Crippen LogP contribution in [0.1, 0.15) is 19.3 Å². The van der Waals surface area contributed by atoms with Crippen LogP contribution in [0.3, 0.4) is 0 Å². The third-order valence-corrected chi connectivity index (χ3v) is 2.32. The molecule has 0 aliphatic carbocycles. The van der Waals surface area contributed by atoms with Crippen molar-refractivity contribution in [1.82, 2.24) is 15.1 Å². The molecular weight excluding hydrogens is 271 g/mol. The molecule has 1 aromatic rings. The molecule has 0 saturated carbocycles. The molecule has 1 N–H and O–H groups in total. The van der Waals surface area contributed by atoms with Gasteiger partial charge in [0.05, 0.1) is 17.6 Å². The van der Waals surface area contributed by atoms with Crippen LogP contribution in [0.5, 0.6) is 0 Å². The fourth-order valence-electron chi connectivity index (χ4n) is 1.27. The summed E-state index contributed by atoms with van der Waals surface area (Å²) in [6.07, 6.45) is -2.21. The van der Waals surface area contributed by atoms with Gasteiger partial charge in [-0.15, -0.1) is 0 Å². The molecule has 1 heterocycles. The smallest absolute Gasteiger partial charge is 0.356 e. The Hall–Kier alpha value is -1.24. The standard InChI is InChI=1S/C10H13ClF3N3O/c11-8-6-16-17(7-8)5-1-4-15-9(18)2-3-10(12,13)14/h6-7H,1-5H2,(H,15,18). The number of nitrogens with zero attached hydrogens (tertiary/aromatic N) is 2. The maximum atomic E-state index is 11.8. The van der Waals surface area contributed by atoms with Crippen molar-refractivity contribution in [2.45, 2.75) is 32.0 Å². The number of aromatic nitrogens is 2. The average molecular weight is 284 g/mol. The third kappa shape index (κ3) is 6.48. The van der Waals surface area contributed by atoms with Gasteiger partial charge in [-0.2, -0.15) is 18.3 Å². The van der Waals surface area contributed by atoms with E-state index in [0.717, 1.165) is 0 Å². The Balaban J connectivity index is 2.09. The highest BCUT2D eigenvalue weighted by molar-refractivity contribution is 6.30. The molecule has 0 fully saturated rings. The Morgan fingerprint density at radius 3 is 2.78 bits per heavy atom. The van der Waals surface area contributed by atoms with Crippen LogP contribution >= 0.6 is 11.6 Å². The van der Waals surface area contributed by atoms with Crippen molar-refractivity contribution >= 4 is 17.5 Å². The average Bonchev–Trinajstić information content (AvgIpc) is 2.67. The summed E-state index contributed by atoms with van der Waals surface area (Å²) in [4.78, 5) is 11.1. The summed E-state index contributed by atoms with van der Waals surface area (Å²) in [5.41, 5.74) is 0. The van der Waals surface area contributed by atoms with Gasteiger partial charge in [0.2, 0.25) is 5.91 Å². The molecule has 0 aliphatic rings. The van der Waals surface area contributed by atoms with Gasteiger partial charge in [0.15, 0.2) is 0 Å². The molecule has 1 amide bonds. The zero-order chi connectivity index (χ0) is 13.6. The summed E-state index contributed by atoms with van der Waals surface area (Å²) in [7, 11) is 0. The minimum absolute atomic E-state index is 0.314. The van der Waals surface area contributed by atoms with Crippen molar-refractivity contribution in [3.63, 3.8) is 0 Å². The van der Waals surface area contributed by atoms with Gasteiger partial charge < -0.3 is 5.32 Å². The summed E-state index contributed by atoms with van der Waals surface area (Å²) in [5.74, 6) is -0.592. The van der Waals surface area contributed by atoms with Crippen LogP contribution in [-0.2, 0) is 11.3 Å². The van der Waals surface area contributed by atoms with Crippen LogP contribution in [0.2, 0.25) is 5.02 Å². The number of aryl methyl sites for hydroxylation is 1. The van der Waals surface area contributed by atoms with Crippen molar-refractivity contribution < 1.29 is 18.0 Å². The molecule has 4 nitrogen and oxygen atoms in total. The van der Waals surface area contributed by atoms with E-state index >= 15 is 0 Å². The largest absolute Gasteiger partial charge is 0.389 e. The van der Waals surface area contributed by atoms with E-state index in [0.29, 0.717) is 24.5 Å². The molecule has 18 heavy (non-hydrogen) atoms. The minimum Gasteiger partial charge on any atom is -0.356 e. The predicted octanol–water partition coefficient (Wildman–Crippen LogP) is 2.39. The monoisotopic (exact) mass is 283 g/mol. The van der Waals surface area contributed by atoms with E-state index in [1.807, 2.05) is 0 Å².